The number of ether oxygens (including phenoxy) is 3. The van der Waals surface area contributed by atoms with Crippen LogP contribution in [0.4, 0.5) is 0 Å². The van der Waals surface area contributed by atoms with Crippen molar-refractivity contribution in [3.05, 3.63) is 12.3 Å². The third kappa shape index (κ3) is 2.64. The summed E-state index contributed by atoms with van der Waals surface area (Å²) in [5.41, 5.74) is 0. The van der Waals surface area contributed by atoms with Crippen molar-refractivity contribution in [3.8, 4) is 0 Å². The molecule has 70 valence electrons. The van der Waals surface area contributed by atoms with E-state index >= 15 is 0 Å². The fraction of sp³-hybridized carbons (Fsp3) is 0.625. The average Bonchev–Trinajstić information content (AvgIpc) is 2.12. The van der Waals surface area contributed by atoms with Crippen LogP contribution in [0, 0.1) is 0 Å². The molecular formula is C8H14O4. The van der Waals surface area contributed by atoms with Gasteiger partial charge in [-0.05, 0) is 6.92 Å². The van der Waals surface area contributed by atoms with Crippen molar-refractivity contribution in [2.75, 3.05) is 21.3 Å². The molecule has 0 radical (unpaired) electrons. The highest BCUT2D eigenvalue weighted by molar-refractivity contribution is 5.95. The van der Waals surface area contributed by atoms with Gasteiger partial charge in [-0.3, -0.25) is 4.79 Å². The van der Waals surface area contributed by atoms with Crippen LogP contribution in [0.2, 0.25) is 0 Å². The molecule has 0 saturated heterocycles. The number of carbonyl (C=O) groups excluding carboxylic acids is 1. The van der Waals surface area contributed by atoms with Gasteiger partial charge in [-0.25, -0.2) is 0 Å². The van der Waals surface area contributed by atoms with Crippen LogP contribution >= 0.6 is 0 Å². The molecule has 0 amide bonds. The molecule has 0 rings (SSSR count). The van der Waals surface area contributed by atoms with E-state index in [4.69, 9.17) is 9.47 Å². The van der Waals surface area contributed by atoms with E-state index < -0.39 is 5.79 Å². The summed E-state index contributed by atoms with van der Waals surface area (Å²) in [5.74, 6) is -1.51. The Balaban J connectivity index is 4.32. The van der Waals surface area contributed by atoms with Gasteiger partial charge < -0.3 is 14.2 Å². The summed E-state index contributed by atoms with van der Waals surface area (Å²) in [5, 5.41) is 0. The van der Waals surface area contributed by atoms with E-state index in [2.05, 4.69) is 4.74 Å². The Morgan fingerprint density at radius 1 is 1.25 bits per heavy atom. The first kappa shape index (κ1) is 11.1. The molecule has 0 atom stereocenters. The van der Waals surface area contributed by atoms with E-state index in [-0.39, 0.29) is 5.78 Å². The number of rotatable bonds is 5. The van der Waals surface area contributed by atoms with Crippen molar-refractivity contribution in [1.29, 1.82) is 0 Å². The zero-order chi connectivity index (χ0) is 9.61. The highest BCUT2D eigenvalue weighted by Gasteiger charge is 2.30. The monoisotopic (exact) mass is 174 g/mol. The molecule has 0 aromatic rings. The Bertz CT molecular complexity index is 170. The highest BCUT2D eigenvalue weighted by Crippen LogP contribution is 2.11. The van der Waals surface area contributed by atoms with Crippen LogP contribution in [-0.2, 0) is 19.0 Å². The fourth-order valence-corrected chi connectivity index (χ4v) is 0.566. The summed E-state index contributed by atoms with van der Waals surface area (Å²) >= 11 is 0. The quantitative estimate of drug-likeness (QED) is 0.350. The first-order valence-electron chi connectivity index (χ1n) is 3.44. The lowest BCUT2D eigenvalue weighted by atomic mass is 10.2. The van der Waals surface area contributed by atoms with E-state index in [0.29, 0.717) is 0 Å². The molecule has 4 heteroatoms. The second-order valence-corrected chi connectivity index (χ2v) is 2.26. The predicted molar refractivity (Wildman–Crippen MR) is 43.6 cm³/mol. The SMILES string of the molecule is CO/C=C/C(=O)C(C)(OC)OC. The maximum absolute atomic E-state index is 11.3. The van der Waals surface area contributed by atoms with Crippen LogP contribution in [0.15, 0.2) is 12.3 Å². The fourth-order valence-electron chi connectivity index (χ4n) is 0.566. The molecule has 0 N–H and O–H groups in total. The summed E-state index contributed by atoms with van der Waals surface area (Å²) < 4.78 is 14.3. The second kappa shape index (κ2) is 4.90. The van der Waals surface area contributed by atoms with Gasteiger partial charge in [0, 0.05) is 20.3 Å². The molecule has 0 aromatic heterocycles. The van der Waals surface area contributed by atoms with Gasteiger partial charge >= 0.3 is 0 Å². The van der Waals surface area contributed by atoms with E-state index in [1.165, 1.54) is 40.6 Å². The minimum Gasteiger partial charge on any atom is -0.504 e. The lowest BCUT2D eigenvalue weighted by Gasteiger charge is -2.22. The van der Waals surface area contributed by atoms with Gasteiger partial charge in [0.2, 0.25) is 11.6 Å². The Morgan fingerprint density at radius 2 is 1.75 bits per heavy atom. The number of hydrogen-bond donors (Lipinski definition) is 0. The number of carbonyl (C=O) groups is 1. The summed E-state index contributed by atoms with van der Waals surface area (Å²) in [6.45, 7) is 1.54. The maximum atomic E-state index is 11.3. The van der Waals surface area contributed by atoms with E-state index in [9.17, 15) is 4.79 Å². The molecule has 0 saturated carbocycles. The highest BCUT2D eigenvalue weighted by atomic mass is 16.7. The zero-order valence-corrected chi connectivity index (χ0v) is 7.79. The Hall–Kier alpha value is -0.870. The molecule has 0 bridgehead atoms. The van der Waals surface area contributed by atoms with Crippen LogP contribution in [0.1, 0.15) is 6.92 Å². The zero-order valence-electron chi connectivity index (χ0n) is 7.79. The topological polar surface area (TPSA) is 44.8 Å². The van der Waals surface area contributed by atoms with Crippen molar-refractivity contribution in [2.45, 2.75) is 12.7 Å². The lowest BCUT2D eigenvalue weighted by Crippen LogP contribution is -2.38. The van der Waals surface area contributed by atoms with Crippen LogP contribution < -0.4 is 0 Å². The number of hydrogen-bond acceptors (Lipinski definition) is 4. The summed E-state index contributed by atoms with van der Waals surface area (Å²) in [7, 11) is 4.27. The molecule has 0 spiro atoms. The first-order chi connectivity index (χ1) is 5.60. The van der Waals surface area contributed by atoms with Crippen LogP contribution in [-0.4, -0.2) is 32.9 Å². The molecule has 0 aromatic carbocycles. The smallest absolute Gasteiger partial charge is 0.229 e. The molecule has 0 unspecified atom stereocenters. The summed E-state index contributed by atoms with van der Waals surface area (Å²) in [6, 6.07) is 0. The molecule has 0 aliphatic rings. The van der Waals surface area contributed by atoms with Gasteiger partial charge in [-0.15, -0.1) is 0 Å². The summed E-state index contributed by atoms with van der Waals surface area (Å²) in [4.78, 5) is 11.3. The largest absolute Gasteiger partial charge is 0.504 e. The molecule has 12 heavy (non-hydrogen) atoms. The van der Waals surface area contributed by atoms with Gasteiger partial charge in [0.05, 0.1) is 13.4 Å². The normalized spacial score (nSPS) is 12.0. The third-order valence-corrected chi connectivity index (χ3v) is 1.58. The standard InChI is InChI=1S/C8H14O4/c1-8(11-3,12-4)7(9)5-6-10-2/h5-6H,1-4H3/b6-5+. The van der Waals surface area contributed by atoms with Gasteiger partial charge in [0.15, 0.2) is 0 Å². The van der Waals surface area contributed by atoms with Crippen LogP contribution in [0.5, 0.6) is 0 Å². The van der Waals surface area contributed by atoms with E-state index in [1.54, 1.807) is 0 Å². The van der Waals surface area contributed by atoms with Gasteiger partial charge in [-0.2, -0.15) is 0 Å². The van der Waals surface area contributed by atoms with E-state index in [1.807, 2.05) is 0 Å². The minimum absolute atomic E-state index is 0.297. The molecule has 0 fully saturated rings. The molecule has 0 aliphatic carbocycles. The van der Waals surface area contributed by atoms with Gasteiger partial charge in [-0.1, -0.05) is 0 Å². The summed E-state index contributed by atoms with van der Waals surface area (Å²) in [6.07, 6.45) is 2.53. The second-order valence-electron chi connectivity index (χ2n) is 2.26. The van der Waals surface area contributed by atoms with Crippen molar-refractivity contribution in [1.82, 2.24) is 0 Å². The first-order valence-corrected chi connectivity index (χ1v) is 3.44. The average molecular weight is 174 g/mol. The Morgan fingerprint density at radius 3 is 2.08 bits per heavy atom. The van der Waals surface area contributed by atoms with Gasteiger partial charge in [0.25, 0.3) is 0 Å². The number of methoxy groups -OCH3 is 3. The maximum Gasteiger partial charge on any atom is 0.229 e. The van der Waals surface area contributed by atoms with Crippen molar-refractivity contribution >= 4 is 5.78 Å². The third-order valence-electron chi connectivity index (χ3n) is 1.58. The molecular weight excluding hydrogens is 160 g/mol. The minimum atomic E-state index is -1.21. The van der Waals surface area contributed by atoms with Crippen molar-refractivity contribution < 1.29 is 19.0 Å². The molecule has 0 aliphatic heterocycles. The molecule has 4 nitrogen and oxygen atoms in total. The predicted octanol–water partition coefficient (Wildman–Crippen LogP) is 0.725. The lowest BCUT2D eigenvalue weighted by molar-refractivity contribution is -0.194. The van der Waals surface area contributed by atoms with E-state index in [0.717, 1.165) is 0 Å². The van der Waals surface area contributed by atoms with Crippen LogP contribution in [0.3, 0.4) is 0 Å². The Labute approximate surface area is 72.1 Å². The van der Waals surface area contributed by atoms with Crippen molar-refractivity contribution in [3.63, 3.8) is 0 Å². The molecule has 0 heterocycles. The number of ketones is 1. The Kier molecular flexibility index (Phi) is 4.54. The van der Waals surface area contributed by atoms with Gasteiger partial charge in [0.1, 0.15) is 0 Å². The van der Waals surface area contributed by atoms with Crippen LogP contribution in [0.25, 0.3) is 0 Å². The van der Waals surface area contributed by atoms with Crippen molar-refractivity contribution in [2.24, 2.45) is 0 Å².